The van der Waals surface area contributed by atoms with Gasteiger partial charge in [0.2, 0.25) is 0 Å². The quantitative estimate of drug-likeness (QED) is 0.197. The zero-order valence-corrected chi connectivity index (χ0v) is 23.3. The summed E-state index contributed by atoms with van der Waals surface area (Å²) < 4.78 is 4.75. The van der Waals surface area contributed by atoms with Crippen LogP contribution >= 0.6 is 0 Å². The number of aromatic nitrogens is 3. The Bertz CT molecular complexity index is 2550. The topological polar surface area (TPSA) is 22.2 Å². The number of para-hydroxylation sites is 1. The van der Waals surface area contributed by atoms with Crippen molar-refractivity contribution in [2.45, 2.75) is 5.92 Å². The van der Waals surface area contributed by atoms with Crippen molar-refractivity contribution in [2.75, 3.05) is 0 Å². The maximum atomic E-state index is 4.87. The van der Waals surface area contributed by atoms with Gasteiger partial charge in [0.15, 0.2) is 0 Å². The minimum atomic E-state index is 0.191. The molecule has 1 unspecified atom stereocenters. The van der Waals surface area contributed by atoms with Crippen molar-refractivity contribution in [1.82, 2.24) is 14.0 Å². The third kappa shape index (κ3) is 2.96. The molecule has 0 fully saturated rings. The van der Waals surface area contributed by atoms with E-state index in [-0.39, 0.29) is 5.92 Å². The number of imidazole rings is 1. The van der Waals surface area contributed by atoms with Gasteiger partial charge in [-0.2, -0.15) is 0 Å². The Hall–Kier alpha value is -5.67. The summed E-state index contributed by atoms with van der Waals surface area (Å²) in [4.78, 5) is 4.87. The number of rotatable bonds is 2. The van der Waals surface area contributed by atoms with Crippen LogP contribution in [-0.4, -0.2) is 14.0 Å². The molecule has 200 valence electrons. The number of nitrogens with zero attached hydrogens (tertiary/aromatic N) is 3. The lowest BCUT2D eigenvalue weighted by Crippen LogP contribution is -1.99. The smallest absolute Gasteiger partial charge is 0.145 e. The average Bonchev–Trinajstić information content (AvgIpc) is 3.78. The molecule has 0 amide bonds. The van der Waals surface area contributed by atoms with Gasteiger partial charge in [0, 0.05) is 45.5 Å². The van der Waals surface area contributed by atoms with Crippen molar-refractivity contribution in [3.8, 4) is 16.8 Å². The van der Waals surface area contributed by atoms with E-state index >= 15 is 0 Å². The first-order chi connectivity index (χ1) is 21.4. The summed E-state index contributed by atoms with van der Waals surface area (Å²) in [6.07, 6.45) is 4.06. The lowest BCUT2D eigenvalue weighted by Gasteiger charge is -2.14. The van der Waals surface area contributed by atoms with Crippen LogP contribution in [0.25, 0.3) is 65.9 Å². The third-order valence-corrected chi connectivity index (χ3v) is 9.44. The Kier molecular flexibility index (Phi) is 4.50. The zero-order valence-electron chi connectivity index (χ0n) is 23.3. The summed E-state index contributed by atoms with van der Waals surface area (Å²) in [5.74, 6) is 0.191. The molecular weight excluding hydrogens is 522 g/mol. The average molecular weight is 548 g/mol. The molecule has 0 saturated carbocycles. The second kappa shape index (κ2) is 8.43. The highest BCUT2D eigenvalue weighted by Gasteiger charge is 2.33. The van der Waals surface area contributed by atoms with E-state index in [2.05, 4.69) is 149 Å². The van der Waals surface area contributed by atoms with Crippen LogP contribution in [0.3, 0.4) is 0 Å². The normalized spacial score (nSPS) is 14.3. The van der Waals surface area contributed by atoms with Crippen molar-refractivity contribution in [3.63, 3.8) is 0 Å². The monoisotopic (exact) mass is 547 g/mol. The predicted molar refractivity (Wildman–Crippen MR) is 177 cm³/mol. The first kappa shape index (κ1) is 23.0. The van der Waals surface area contributed by atoms with E-state index in [1.807, 2.05) is 6.20 Å². The van der Waals surface area contributed by atoms with Gasteiger partial charge in [-0.15, -0.1) is 0 Å². The SMILES string of the molecule is c1ccc(C2c3ccccc3-c3c2ccc2c3c3c(ccc4c5ccccc5c5nccn5c43)n2-c2ccccc2)cc1. The molecular formula is C40H25N3. The zero-order chi connectivity index (χ0) is 28.1. The van der Waals surface area contributed by atoms with Crippen molar-refractivity contribution in [2.24, 2.45) is 0 Å². The Morgan fingerprint density at radius 3 is 2.09 bits per heavy atom. The van der Waals surface area contributed by atoms with Gasteiger partial charge in [-0.25, -0.2) is 4.98 Å². The van der Waals surface area contributed by atoms with Gasteiger partial charge in [0.05, 0.1) is 16.6 Å². The first-order valence-corrected chi connectivity index (χ1v) is 14.9. The van der Waals surface area contributed by atoms with Crippen LogP contribution in [-0.2, 0) is 0 Å². The van der Waals surface area contributed by atoms with E-state index < -0.39 is 0 Å². The Morgan fingerprint density at radius 1 is 0.535 bits per heavy atom. The number of pyridine rings is 1. The molecule has 1 atom stereocenters. The van der Waals surface area contributed by atoms with Crippen LogP contribution in [0.15, 0.2) is 146 Å². The standard InChI is InChI=1S/C40H25N3/c1-3-11-25(12-4-1)35-28-16-8-9-17-29(28)36-32(35)20-22-33-37(36)38-34(43(33)26-13-5-2-6-14-26)21-19-30-27-15-7-10-18-31(27)40-41-23-24-42(40)39(30)38/h1-24,35H. The van der Waals surface area contributed by atoms with Crippen LogP contribution in [0.4, 0.5) is 0 Å². The minimum Gasteiger partial charge on any atom is -0.309 e. The lowest BCUT2D eigenvalue weighted by molar-refractivity contribution is 1.02. The second-order valence-electron chi connectivity index (χ2n) is 11.5. The van der Waals surface area contributed by atoms with Crippen LogP contribution in [0, 0.1) is 0 Å². The molecule has 3 heterocycles. The molecule has 0 bridgehead atoms. The fourth-order valence-electron chi connectivity index (χ4n) is 7.79. The van der Waals surface area contributed by atoms with Gasteiger partial charge in [-0.3, -0.25) is 4.40 Å². The fourth-order valence-corrected chi connectivity index (χ4v) is 7.79. The van der Waals surface area contributed by atoms with Gasteiger partial charge in [0.25, 0.3) is 0 Å². The van der Waals surface area contributed by atoms with E-state index in [4.69, 9.17) is 4.98 Å². The molecule has 3 nitrogen and oxygen atoms in total. The predicted octanol–water partition coefficient (Wildman–Crippen LogP) is 9.90. The molecule has 10 rings (SSSR count). The number of hydrogen-bond acceptors (Lipinski definition) is 1. The van der Waals surface area contributed by atoms with Gasteiger partial charge in [-0.1, -0.05) is 109 Å². The molecule has 9 aromatic rings. The number of benzene rings is 6. The number of fused-ring (bicyclic) bond motifs is 14. The van der Waals surface area contributed by atoms with Crippen LogP contribution in [0.1, 0.15) is 22.6 Å². The summed E-state index contributed by atoms with van der Waals surface area (Å²) in [7, 11) is 0. The van der Waals surface area contributed by atoms with Crippen molar-refractivity contribution >= 4 is 49.1 Å². The largest absolute Gasteiger partial charge is 0.309 e. The summed E-state index contributed by atoms with van der Waals surface area (Å²) in [5, 5.41) is 6.22. The molecule has 0 N–H and O–H groups in total. The molecule has 0 spiro atoms. The summed E-state index contributed by atoms with van der Waals surface area (Å²) in [5.41, 5.74) is 12.5. The first-order valence-electron chi connectivity index (χ1n) is 14.9. The van der Waals surface area contributed by atoms with E-state index in [1.165, 1.54) is 71.3 Å². The van der Waals surface area contributed by atoms with Crippen LogP contribution in [0.2, 0.25) is 0 Å². The third-order valence-electron chi connectivity index (χ3n) is 9.44. The van der Waals surface area contributed by atoms with Gasteiger partial charge >= 0.3 is 0 Å². The van der Waals surface area contributed by atoms with Gasteiger partial charge < -0.3 is 4.57 Å². The molecule has 0 radical (unpaired) electrons. The van der Waals surface area contributed by atoms with E-state index in [0.717, 1.165) is 11.3 Å². The molecule has 0 aliphatic heterocycles. The minimum absolute atomic E-state index is 0.191. The maximum absolute atomic E-state index is 4.87. The Morgan fingerprint density at radius 2 is 1.23 bits per heavy atom. The van der Waals surface area contributed by atoms with Gasteiger partial charge in [-0.05, 0) is 57.5 Å². The molecule has 1 aliphatic rings. The molecule has 3 aromatic heterocycles. The Labute approximate surface area is 247 Å². The molecule has 0 saturated heterocycles. The maximum Gasteiger partial charge on any atom is 0.145 e. The molecule has 3 heteroatoms. The number of hydrogen-bond donors (Lipinski definition) is 0. The van der Waals surface area contributed by atoms with E-state index in [9.17, 15) is 0 Å². The van der Waals surface area contributed by atoms with Crippen LogP contribution < -0.4 is 0 Å². The molecule has 6 aromatic carbocycles. The fraction of sp³-hybridized carbons (Fsp3) is 0.0250. The second-order valence-corrected chi connectivity index (χ2v) is 11.5. The highest BCUT2D eigenvalue weighted by atomic mass is 15.0. The van der Waals surface area contributed by atoms with Crippen molar-refractivity contribution < 1.29 is 0 Å². The van der Waals surface area contributed by atoms with Crippen molar-refractivity contribution in [3.05, 3.63) is 163 Å². The summed E-state index contributed by atoms with van der Waals surface area (Å²) in [6, 6.07) is 48.7. The van der Waals surface area contributed by atoms with E-state index in [1.54, 1.807) is 0 Å². The highest BCUT2D eigenvalue weighted by molar-refractivity contribution is 6.29. The highest BCUT2D eigenvalue weighted by Crippen LogP contribution is 2.53. The van der Waals surface area contributed by atoms with Crippen LogP contribution in [0.5, 0.6) is 0 Å². The lowest BCUT2D eigenvalue weighted by atomic mass is 9.89. The van der Waals surface area contributed by atoms with E-state index in [0.29, 0.717) is 0 Å². The molecule has 1 aliphatic carbocycles. The molecule has 43 heavy (non-hydrogen) atoms. The van der Waals surface area contributed by atoms with Crippen molar-refractivity contribution in [1.29, 1.82) is 0 Å². The summed E-state index contributed by atoms with van der Waals surface area (Å²) >= 11 is 0. The summed E-state index contributed by atoms with van der Waals surface area (Å²) in [6.45, 7) is 0. The Balaban J connectivity index is 1.48. The van der Waals surface area contributed by atoms with Gasteiger partial charge in [0.1, 0.15) is 5.65 Å².